The van der Waals surface area contributed by atoms with Gasteiger partial charge in [-0.1, -0.05) is 12.1 Å². The van der Waals surface area contributed by atoms with Crippen molar-refractivity contribution in [3.63, 3.8) is 0 Å². The Kier molecular flexibility index (Phi) is 12.3. The van der Waals surface area contributed by atoms with E-state index in [1.165, 1.54) is 19.1 Å². The van der Waals surface area contributed by atoms with Crippen LogP contribution in [0.4, 0.5) is 0 Å². The molecule has 0 radical (unpaired) electrons. The Morgan fingerprint density at radius 3 is 2.18 bits per heavy atom. The van der Waals surface area contributed by atoms with E-state index in [4.69, 9.17) is 11.5 Å². The lowest BCUT2D eigenvalue weighted by atomic mass is 10.0. The number of carbonyl (C=O) groups is 4. The summed E-state index contributed by atoms with van der Waals surface area (Å²) in [5.74, 6) is -3.09. The molecule has 1 aromatic rings. The number of benzene rings is 1. The Bertz CT molecular complexity index is 875. The van der Waals surface area contributed by atoms with Crippen LogP contribution in [-0.2, 0) is 25.6 Å². The van der Waals surface area contributed by atoms with Crippen LogP contribution < -0.4 is 27.4 Å². The first-order chi connectivity index (χ1) is 16.0. The van der Waals surface area contributed by atoms with E-state index in [1.807, 2.05) is 0 Å². The summed E-state index contributed by atoms with van der Waals surface area (Å²) in [6.07, 6.45) is 1.30. The number of carboxylic acid groups (broad SMARTS) is 1. The Hall–Kier alpha value is -3.48. The second kappa shape index (κ2) is 14.6. The van der Waals surface area contributed by atoms with E-state index in [0.717, 1.165) is 0 Å². The van der Waals surface area contributed by atoms with E-state index in [-0.39, 0.29) is 36.2 Å². The number of hydrogen-bond acceptors (Lipinski definition) is 7. The molecule has 0 unspecified atom stereocenters. The number of carboxylic acids is 1. The molecule has 1 rings (SSSR count). The topological polar surface area (TPSA) is 209 Å². The third kappa shape index (κ3) is 10.9. The molecule has 0 aliphatic rings. The number of rotatable bonds is 14. The number of hydrogen-bond donors (Lipinski definition) is 8. The number of aromatic hydroxyl groups is 1. The quantitative estimate of drug-likeness (QED) is 0.0682. The zero-order chi connectivity index (χ0) is 25.7. The van der Waals surface area contributed by atoms with Gasteiger partial charge in [0.1, 0.15) is 23.9 Å². The van der Waals surface area contributed by atoms with Crippen molar-refractivity contribution in [2.45, 2.75) is 50.7 Å². The molecular formula is C21H32N6O6S. The normalized spacial score (nSPS) is 13.1. The van der Waals surface area contributed by atoms with Gasteiger partial charge in [-0.15, -0.1) is 0 Å². The highest BCUT2D eigenvalue weighted by Gasteiger charge is 2.28. The van der Waals surface area contributed by atoms with Gasteiger partial charge in [-0.05, 0) is 37.5 Å². The smallest absolute Gasteiger partial charge is 0.327 e. The van der Waals surface area contributed by atoms with Gasteiger partial charge in [0, 0.05) is 25.1 Å². The number of aliphatic imine (C=N–C) groups is 1. The zero-order valence-corrected chi connectivity index (χ0v) is 19.8. The Morgan fingerprint density at radius 1 is 1.00 bits per heavy atom. The molecule has 3 amide bonds. The van der Waals surface area contributed by atoms with Gasteiger partial charge in [-0.25, -0.2) is 4.79 Å². The maximum atomic E-state index is 12.7. The van der Waals surface area contributed by atoms with Crippen LogP contribution in [0.5, 0.6) is 5.75 Å². The molecule has 0 spiro atoms. The fourth-order valence-electron chi connectivity index (χ4n) is 2.82. The van der Waals surface area contributed by atoms with Gasteiger partial charge in [0.15, 0.2) is 5.96 Å². The number of phenols is 1. The maximum absolute atomic E-state index is 12.7. The lowest BCUT2D eigenvalue weighted by Crippen LogP contribution is -2.56. The molecule has 12 nitrogen and oxygen atoms in total. The lowest BCUT2D eigenvalue weighted by molar-refractivity contribution is -0.141. The van der Waals surface area contributed by atoms with Crippen molar-refractivity contribution in [2.75, 3.05) is 12.3 Å². The fraction of sp³-hybridized carbons (Fsp3) is 0.476. The number of nitrogens with two attached hydrogens (primary N) is 2. The summed E-state index contributed by atoms with van der Waals surface area (Å²) in [5.41, 5.74) is 11.1. The van der Waals surface area contributed by atoms with Crippen LogP contribution in [-0.4, -0.2) is 70.3 Å². The van der Waals surface area contributed by atoms with Crippen LogP contribution in [0.15, 0.2) is 29.3 Å². The molecule has 9 N–H and O–H groups in total. The van der Waals surface area contributed by atoms with Gasteiger partial charge in [0.25, 0.3) is 0 Å². The van der Waals surface area contributed by atoms with Crippen molar-refractivity contribution in [3.05, 3.63) is 29.8 Å². The minimum atomic E-state index is -1.27. The average molecular weight is 497 g/mol. The minimum absolute atomic E-state index is 0.0234. The van der Waals surface area contributed by atoms with E-state index in [1.54, 1.807) is 12.1 Å². The van der Waals surface area contributed by atoms with Crippen molar-refractivity contribution >= 4 is 42.3 Å². The number of aliphatic carboxylic acids is 1. The number of guanidine groups is 1. The molecule has 0 saturated carbocycles. The summed E-state index contributed by atoms with van der Waals surface area (Å²) in [7, 11) is 0. The second-order valence-corrected chi connectivity index (χ2v) is 7.93. The maximum Gasteiger partial charge on any atom is 0.327 e. The molecule has 0 heterocycles. The van der Waals surface area contributed by atoms with Crippen molar-refractivity contribution in [3.8, 4) is 5.75 Å². The number of phenolic OH excluding ortho intramolecular Hbond substituents is 1. The molecule has 0 bridgehead atoms. The third-order valence-corrected chi connectivity index (χ3v) is 5.05. The highest BCUT2D eigenvalue weighted by atomic mass is 32.1. The number of nitrogens with zero attached hydrogens (tertiary/aromatic N) is 1. The largest absolute Gasteiger partial charge is 0.508 e. The molecule has 0 aliphatic heterocycles. The van der Waals surface area contributed by atoms with Gasteiger partial charge < -0.3 is 37.6 Å². The zero-order valence-electron chi connectivity index (χ0n) is 18.9. The number of nitrogens with one attached hydrogen (secondary N) is 3. The van der Waals surface area contributed by atoms with Crippen molar-refractivity contribution in [2.24, 2.45) is 16.5 Å². The molecule has 3 atom stereocenters. The molecule has 0 fully saturated rings. The molecule has 13 heteroatoms. The number of unbranched alkanes of at least 4 members (excludes halogenated alkanes) is 1. The van der Waals surface area contributed by atoms with Crippen molar-refractivity contribution < 1.29 is 29.4 Å². The number of carbonyl (C=O) groups excluding carboxylic acids is 3. The van der Waals surface area contributed by atoms with Crippen LogP contribution in [0.3, 0.4) is 0 Å². The Balaban J connectivity index is 2.76. The van der Waals surface area contributed by atoms with E-state index in [0.29, 0.717) is 24.9 Å². The highest BCUT2D eigenvalue weighted by Crippen LogP contribution is 2.12. The van der Waals surface area contributed by atoms with Gasteiger partial charge in [-0.3, -0.25) is 19.4 Å². The molecule has 0 aromatic heterocycles. The standard InChI is InChI=1S/C21H32N6O6S/c1-12(25-17(29)4-2-3-9-24-21(22)23)18(30)26-15(10-13-5-7-14(28)8-6-13)19(31)27-16(11-34)20(32)33/h5-8,12,15-16,28,34H,2-4,9-11H2,1H3,(H,25,29)(H,26,30)(H,27,31)(H,32,33)(H4,22,23,24)/t12-,15-,16-/m0/s1. The molecule has 1 aromatic carbocycles. The van der Waals surface area contributed by atoms with E-state index >= 15 is 0 Å². The summed E-state index contributed by atoms with van der Waals surface area (Å²) in [6.45, 7) is 1.86. The molecular weight excluding hydrogens is 464 g/mol. The number of amides is 3. The van der Waals surface area contributed by atoms with Crippen LogP contribution in [0.25, 0.3) is 0 Å². The van der Waals surface area contributed by atoms with Gasteiger partial charge >= 0.3 is 5.97 Å². The fourth-order valence-corrected chi connectivity index (χ4v) is 3.06. The first-order valence-electron chi connectivity index (χ1n) is 10.6. The predicted molar refractivity (Wildman–Crippen MR) is 129 cm³/mol. The van der Waals surface area contributed by atoms with E-state index in [2.05, 4.69) is 33.6 Å². The van der Waals surface area contributed by atoms with Crippen molar-refractivity contribution in [1.82, 2.24) is 16.0 Å². The summed E-state index contributed by atoms with van der Waals surface area (Å²) in [4.78, 5) is 52.6. The Labute approximate surface area is 203 Å². The van der Waals surface area contributed by atoms with Crippen LogP contribution >= 0.6 is 12.6 Å². The first-order valence-corrected chi connectivity index (χ1v) is 11.2. The van der Waals surface area contributed by atoms with E-state index in [9.17, 15) is 29.4 Å². The SMILES string of the molecule is C[C@H](NC(=O)CCCCN=C(N)N)C(=O)N[C@@H](Cc1ccc(O)cc1)C(=O)N[C@@H](CS)C(=O)O. The van der Waals surface area contributed by atoms with Gasteiger partial charge in [-0.2, -0.15) is 12.6 Å². The minimum Gasteiger partial charge on any atom is -0.508 e. The van der Waals surface area contributed by atoms with Crippen LogP contribution in [0.1, 0.15) is 31.7 Å². The van der Waals surface area contributed by atoms with E-state index < -0.39 is 35.9 Å². The molecule has 0 aliphatic carbocycles. The Morgan fingerprint density at radius 2 is 1.62 bits per heavy atom. The predicted octanol–water partition coefficient (Wildman–Crippen LogP) is -1.13. The van der Waals surface area contributed by atoms with Crippen LogP contribution in [0.2, 0.25) is 0 Å². The summed E-state index contributed by atoms with van der Waals surface area (Å²) in [6, 6.07) is 2.68. The summed E-state index contributed by atoms with van der Waals surface area (Å²) < 4.78 is 0. The highest BCUT2D eigenvalue weighted by molar-refractivity contribution is 7.80. The van der Waals surface area contributed by atoms with Crippen molar-refractivity contribution in [1.29, 1.82) is 0 Å². The van der Waals surface area contributed by atoms with Gasteiger partial charge in [0.05, 0.1) is 0 Å². The summed E-state index contributed by atoms with van der Waals surface area (Å²) >= 11 is 3.92. The number of thiol groups is 1. The monoisotopic (exact) mass is 496 g/mol. The van der Waals surface area contributed by atoms with Gasteiger partial charge in [0.2, 0.25) is 17.7 Å². The third-order valence-electron chi connectivity index (χ3n) is 4.68. The molecule has 0 saturated heterocycles. The lowest BCUT2D eigenvalue weighted by Gasteiger charge is -2.23. The summed E-state index contributed by atoms with van der Waals surface area (Å²) in [5, 5.41) is 26.1. The molecule has 188 valence electrons. The first kappa shape index (κ1) is 28.6. The second-order valence-electron chi connectivity index (χ2n) is 7.57. The van der Waals surface area contributed by atoms with Crippen LogP contribution in [0, 0.1) is 0 Å². The molecule has 34 heavy (non-hydrogen) atoms. The average Bonchev–Trinajstić information content (AvgIpc) is 2.77.